The molecule has 0 amide bonds. The van der Waals surface area contributed by atoms with Crippen molar-refractivity contribution < 1.29 is 0 Å². The van der Waals surface area contributed by atoms with Gasteiger partial charge in [-0.05, 0) is 19.4 Å². The number of guanidine groups is 1. The van der Waals surface area contributed by atoms with E-state index in [-0.39, 0.29) is 0 Å². The molecule has 0 aromatic carbocycles. The van der Waals surface area contributed by atoms with Crippen LogP contribution in [0.25, 0.3) is 0 Å². The first kappa shape index (κ1) is 15.5. The number of piperazine rings is 1. The van der Waals surface area contributed by atoms with E-state index >= 15 is 0 Å². The van der Waals surface area contributed by atoms with Gasteiger partial charge in [-0.3, -0.25) is 4.99 Å². The third kappa shape index (κ3) is 4.58. The summed E-state index contributed by atoms with van der Waals surface area (Å²) in [7, 11) is 0. The Labute approximate surface area is 127 Å². The first-order chi connectivity index (χ1) is 10.3. The molecule has 1 fully saturated rings. The van der Waals surface area contributed by atoms with Crippen LogP contribution in [0.5, 0.6) is 0 Å². The number of rotatable bonds is 5. The summed E-state index contributed by atoms with van der Waals surface area (Å²) in [6, 6.07) is 1.85. The molecular formula is C15H26N6. The van der Waals surface area contributed by atoms with Crippen LogP contribution in [-0.4, -0.2) is 60.1 Å². The molecular weight excluding hydrogens is 264 g/mol. The number of hydrogen-bond acceptors (Lipinski definition) is 4. The van der Waals surface area contributed by atoms with Crippen LogP contribution in [0, 0.1) is 0 Å². The summed E-state index contributed by atoms with van der Waals surface area (Å²) in [6.45, 7) is 9.90. The number of hydrogen-bond donors (Lipinski definition) is 1. The van der Waals surface area contributed by atoms with Gasteiger partial charge in [0.2, 0.25) is 5.95 Å². The fraction of sp³-hybridized carbons (Fsp3) is 0.667. The van der Waals surface area contributed by atoms with Crippen LogP contribution >= 0.6 is 0 Å². The number of unbranched alkanes of at least 4 members (excludes halogenated alkanes) is 1. The van der Waals surface area contributed by atoms with E-state index in [0.29, 0.717) is 0 Å². The van der Waals surface area contributed by atoms with Crippen molar-refractivity contribution in [2.24, 2.45) is 4.99 Å². The van der Waals surface area contributed by atoms with E-state index in [0.717, 1.165) is 57.6 Å². The molecule has 116 valence electrons. The molecule has 0 spiro atoms. The van der Waals surface area contributed by atoms with Crippen molar-refractivity contribution in [1.29, 1.82) is 0 Å². The van der Waals surface area contributed by atoms with E-state index in [9.17, 15) is 0 Å². The van der Waals surface area contributed by atoms with Crippen molar-refractivity contribution in [3.8, 4) is 0 Å². The lowest BCUT2D eigenvalue weighted by atomic mass is 10.3. The van der Waals surface area contributed by atoms with Crippen LogP contribution in [0.15, 0.2) is 23.5 Å². The van der Waals surface area contributed by atoms with Crippen LogP contribution in [-0.2, 0) is 0 Å². The second-order valence-corrected chi connectivity index (χ2v) is 5.11. The molecule has 0 radical (unpaired) electrons. The van der Waals surface area contributed by atoms with Gasteiger partial charge in [-0.25, -0.2) is 9.97 Å². The Bertz CT molecular complexity index is 425. The summed E-state index contributed by atoms with van der Waals surface area (Å²) >= 11 is 0. The van der Waals surface area contributed by atoms with Gasteiger partial charge < -0.3 is 15.1 Å². The van der Waals surface area contributed by atoms with Gasteiger partial charge in [0, 0.05) is 51.7 Å². The molecule has 1 N–H and O–H groups in total. The zero-order valence-corrected chi connectivity index (χ0v) is 13.1. The zero-order valence-electron chi connectivity index (χ0n) is 13.1. The number of aromatic nitrogens is 2. The van der Waals surface area contributed by atoms with Crippen molar-refractivity contribution in [1.82, 2.24) is 20.2 Å². The van der Waals surface area contributed by atoms with Crippen LogP contribution < -0.4 is 10.2 Å². The Morgan fingerprint density at radius 2 is 1.90 bits per heavy atom. The minimum absolute atomic E-state index is 0.824. The van der Waals surface area contributed by atoms with E-state index in [1.807, 2.05) is 6.07 Å². The summed E-state index contributed by atoms with van der Waals surface area (Å²) < 4.78 is 0. The third-order valence-corrected chi connectivity index (χ3v) is 3.52. The summed E-state index contributed by atoms with van der Waals surface area (Å²) in [5, 5.41) is 3.39. The predicted octanol–water partition coefficient (Wildman–Crippen LogP) is 1.36. The lowest BCUT2D eigenvalue weighted by molar-refractivity contribution is 0.370. The average molecular weight is 290 g/mol. The van der Waals surface area contributed by atoms with Crippen molar-refractivity contribution >= 4 is 11.9 Å². The van der Waals surface area contributed by atoms with Crippen molar-refractivity contribution in [2.45, 2.75) is 26.7 Å². The number of nitrogens with one attached hydrogen (secondary N) is 1. The van der Waals surface area contributed by atoms with Gasteiger partial charge in [0.1, 0.15) is 0 Å². The Morgan fingerprint density at radius 1 is 1.19 bits per heavy atom. The minimum atomic E-state index is 0.824. The number of nitrogens with zero attached hydrogens (tertiary/aromatic N) is 5. The van der Waals surface area contributed by atoms with E-state index in [4.69, 9.17) is 4.99 Å². The molecule has 21 heavy (non-hydrogen) atoms. The molecule has 1 aliphatic rings. The second-order valence-electron chi connectivity index (χ2n) is 5.11. The van der Waals surface area contributed by atoms with Gasteiger partial charge in [-0.15, -0.1) is 0 Å². The molecule has 1 saturated heterocycles. The maximum atomic E-state index is 4.71. The Hall–Kier alpha value is -1.85. The monoisotopic (exact) mass is 290 g/mol. The second kappa shape index (κ2) is 8.44. The molecule has 1 aliphatic heterocycles. The Kier molecular flexibility index (Phi) is 6.24. The highest BCUT2D eigenvalue weighted by Gasteiger charge is 2.20. The highest BCUT2D eigenvalue weighted by atomic mass is 15.4. The lowest BCUT2D eigenvalue weighted by Crippen LogP contribution is -2.53. The van der Waals surface area contributed by atoms with Gasteiger partial charge in [0.15, 0.2) is 5.96 Å². The Balaban J connectivity index is 1.90. The molecule has 6 heteroatoms. The highest BCUT2D eigenvalue weighted by Crippen LogP contribution is 2.09. The van der Waals surface area contributed by atoms with Gasteiger partial charge in [0.25, 0.3) is 0 Å². The zero-order chi connectivity index (χ0) is 14.9. The van der Waals surface area contributed by atoms with Crippen LogP contribution in [0.2, 0.25) is 0 Å². The van der Waals surface area contributed by atoms with Crippen molar-refractivity contribution in [3.63, 3.8) is 0 Å². The topological polar surface area (TPSA) is 56.7 Å². The molecule has 0 saturated carbocycles. The Morgan fingerprint density at radius 3 is 2.52 bits per heavy atom. The smallest absolute Gasteiger partial charge is 0.225 e. The van der Waals surface area contributed by atoms with E-state index in [1.54, 1.807) is 12.4 Å². The summed E-state index contributed by atoms with van der Waals surface area (Å²) in [5.74, 6) is 1.87. The molecule has 2 rings (SSSR count). The van der Waals surface area contributed by atoms with Gasteiger partial charge in [0.05, 0.1) is 0 Å². The molecule has 0 unspecified atom stereocenters. The molecule has 0 aliphatic carbocycles. The summed E-state index contributed by atoms with van der Waals surface area (Å²) in [5.41, 5.74) is 0. The molecule has 6 nitrogen and oxygen atoms in total. The van der Waals surface area contributed by atoms with E-state index in [1.165, 1.54) is 6.42 Å². The van der Waals surface area contributed by atoms with Crippen LogP contribution in [0.3, 0.4) is 0 Å². The maximum absolute atomic E-state index is 4.71. The molecule has 1 aromatic heterocycles. The van der Waals surface area contributed by atoms with Crippen LogP contribution in [0.4, 0.5) is 5.95 Å². The van der Waals surface area contributed by atoms with E-state index < -0.39 is 0 Å². The minimum Gasteiger partial charge on any atom is -0.357 e. The van der Waals surface area contributed by atoms with Crippen LogP contribution in [0.1, 0.15) is 26.7 Å². The van der Waals surface area contributed by atoms with Crippen molar-refractivity contribution in [2.75, 3.05) is 44.2 Å². The fourth-order valence-corrected chi connectivity index (χ4v) is 2.34. The largest absolute Gasteiger partial charge is 0.357 e. The summed E-state index contributed by atoms with van der Waals surface area (Å²) in [4.78, 5) is 17.9. The summed E-state index contributed by atoms with van der Waals surface area (Å²) in [6.07, 6.45) is 5.92. The molecule has 1 aromatic rings. The third-order valence-electron chi connectivity index (χ3n) is 3.52. The first-order valence-electron chi connectivity index (χ1n) is 7.90. The van der Waals surface area contributed by atoms with Crippen molar-refractivity contribution in [3.05, 3.63) is 18.5 Å². The number of anilines is 1. The quantitative estimate of drug-likeness (QED) is 0.504. The first-order valence-corrected chi connectivity index (χ1v) is 7.90. The molecule has 0 bridgehead atoms. The number of aliphatic imine (C=N–C) groups is 1. The van der Waals surface area contributed by atoms with Gasteiger partial charge >= 0.3 is 0 Å². The van der Waals surface area contributed by atoms with Gasteiger partial charge in [-0.2, -0.15) is 0 Å². The lowest BCUT2D eigenvalue weighted by Gasteiger charge is -2.36. The SMILES string of the molecule is CCCCN=C(NCC)N1CCN(c2ncccn2)CC1. The van der Waals surface area contributed by atoms with E-state index in [2.05, 4.69) is 38.9 Å². The maximum Gasteiger partial charge on any atom is 0.225 e. The normalized spacial score (nSPS) is 16.2. The molecule has 0 atom stereocenters. The van der Waals surface area contributed by atoms with Gasteiger partial charge in [-0.1, -0.05) is 13.3 Å². The average Bonchev–Trinajstić information content (AvgIpc) is 2.55. The highest BCUT2D eigenvalue weighted by molar-refractivity contribution is 5.80. The standard InChI is InChI=1S/C15H26N6/c1-3-5-7-17-14(16-4-2)20-10-12-21(13-11-20)15-18-8-6-9-19-15/h6,8-9H,3-5,7,10-13H2,1-2H3,(H,16,17). The predicted molar refractivity (Wildman–Crippen MR) is 86.7 cm³/mol. The molecule has 2 heterocycles. The fourth-order valence-electron chi connectivity index (χ4n) is 2.34.